The molecule has 7 heteroatoms. The summed E-state index contributed by atoms with van der Waals surface area (Å²) in [4.78, 5) is 4.66. The Labute approximate surface area is 164 Å². The number of fused-ring (bicyclic) bond motifs is 1. The van der Waals surface area contributed by atoms with Crippen LogP contribution in [-0.4, -0.2) is 30.8 Å². The highest BCUT2D eigenvalue weighted by molar-refractivity contribution is 7.89. The quantitative estimate of drug-likeness (QED) is 0.696. The maximum Gasteiger partial charge on any atom is 0.245 e. The average molecular weight is 399 g/mol. The van der Waals surface area contributed by atoms with Gasteiger partial charge in [-0.05, 0) is 49.6 Å². The summed E-state index contributed by atoms with van der Waals surface area (Å²) in [7, 11) is -3.61. The van der Waals surface area contributed by atoms with Crippen LogP contribution in [0, 0.1) is 12.7 Å². The van der Waals surface area contributed by atoms with Crippen LogP contribution < -0.4 is 5.32 Å². The van der Waals surface area contributed by atoms with Crippen molar-refractivity contribution in [3.63, 3.8) is 0 Å². The number of halogens is 1. The lowest BCUT2D eigenvalue weighted by atomic mass is 10.1. The zero-order valence-electron chi connectivity index (χ0n) is 15.7. The molecular formula is C21H22FN3O2S. The summed E-state index contributed by atoms with van der Waals surface area (Å²) in [5.41, 5.74) is 1.56. The van der Waals surface area contributed by atoms with Crippen molar-refractivity contribution >= 4 is 32.3 Å². The third-order valence-electron chi connectivity index (χ3n) is 5.13. The molecule has 0 spiro atoms. The first-order chi connectivity index (χ1) is 13.5. The average Bonchev–Trinajstić information content (AvgIpc) is 2.71. The highest BCUT2D eigenvalue weighted by Crippen LogP contribution is 2.33. The maximum atomic E-state index is 13.3. The Kier molecular flexibility index (Phi) is 5.03. The summed E-state index contributed by atoms with van der Waals surface area (Å²) in [5.74, 6) is 0.227. The zero-order chi connectivity index (χ0) is 19.7. The Balaban J connectivity index is 1.82. The number of hydrogen-bond donors (Lipinski definition) is 1. The number of hydrogen-bond acceptors (Lipinski definition) is 4. The summed E-state index contributed by atoms with van der Waals surface area (Å²) in [5, 5.41) is 4.57. The van der Waals surface area contributed by atoms with E-state index in [9.17, 15) is 12.8 Å². The second-order valence-electron chi connectivity index (χ2n) is 7.07. The van der Waals surface area contributed by atoms with E-state index in [0.29, 0.717) is 30.0 Å². The second kappa shape index (κ2) is 7.48. The van der Waals surface area contributed by atoms with Gasteiger partial charge in [-0.15, -0.1) is 0 Å². The van der Waals surface area contributed by atoms with Crippen molar-refractivity contribution in [1.29, 1.82) is 0 Å². The van der Waals surface area contributed by atoms with Gasteiger partial charge in [0, 0.05) is 35.7 Å². The fraction of sp³-hybridized carbons (Fsp3) is 0.286. The monoisotopic (exact) mass is 399 g/mol. The first-order valence-electron chi connectivity index (χ1n) is 9.38. The van der Waals surface area contributed by atoms with Gasteiger partial charge in [0.05, 0.1) is 0 Å². The van der Waals surface area contributed by atoms with Gasteiger partial charge in [-0.2, -0.15) is 4.31 Å². The van der Waals surface area contributed by atoms with E-state index in [1.807, 2.05) is 25.1 Å². The molecule has 1 aliphatic heterocycles. The molecule has 4 rings (SSSR count). The van der Waals surface area contributed by atoms with Crippen molar-refractivity contribution < 1.29 is 12.8 Å². The van der Waals surface area contributed by atoms with Crippen LogP contribution in [0.5, 0.6) is 0 Å². The fourth-order valence-corrected chi connectivity index (χ4v) is 5.39. The topological polar surface area (TPSA) is 62.3 Å². The number of piperidine rings is 1. The Morgan fingerprint density at radius 1 is 1.04 bits per heavy atom. The maximum absolute atomic E-state index is 13.3. The minimum Gasteiger partial charge on any atom is -0.340 e. The van der Waals surface area contributed by atoms with Crippen LogP contribution in [0.25, 0.3) is 10.8 Å². The van der Waals surface area contributed by atoms with Crippen molar-refractivity contribution in [1.82, 2.24) is 9.29 Å². The fourth-order valence-electron chi connectivity index (χ4n) is 3.66. The van der Waals surface area contributed by atoms with Crippen LogP contribution in [0.4, 0.5) is 15.9 Å². The number of benzene rings is 2. The van der Waals surface area contributed by atoms with Crippen molar-refractivity contribution in [3.8, 4) is 0 Å². The van der Waals surface area contributed by atoms with E-state index in [4.69, 9.17) is 0 Å². The normalized spacial score (nSPS) is 15.6. The Hall–Kier alpha value is -2.51. The summed E-state index contributed by atoms with van der Waals surface area (Å²) < 4.78 is 41.3. The lowest BCUT2D eigenvalue weighted by Gasteiger charge is -2.26. The molecule has 0 saturated carbocycles. The molecule has 3 aromatic rings. The van der Waals surface area contributed by atoms with Gasteiger partial charge in [0.2, 0.25) is 10.0 Å². The summed E-state index contributed by atoms with van der Waals surface area (Å²) >= 11 is 0. The van der Waals surface area contributed by atoms with Gasteiger partial charge in [-0.3, -0.25) is 0 Å². The highest BCUT2D eigenvalue weighted by atomic mass is 32.2. The standard InChI is InChI=1S/C21H22FN3O2S/c1-15-6-5-7-18-20(15)19(28(26,27)25-12-3-2-4-13-25)14-23-21(18)24-17-10-8-16(22)9-11-17/h5-11,14H,2-4,12-13H2,1H3,(H,23,24). The van der Waals surface area contributed by atoms with Gasteiger partial charge >= 0.3 is 0 Å². The molecule has 0 amide bonds. The molecule has 28 heavy (non-hydrogen) atoms. The molecule has 2 aromatic carbocycles. The highest BCUT2D eigenvalue weighted by Gasteiger charge is 2.29. The molecule has 1 saturated heterocycles. The van der Waals surface area contributed by atoms with Crippen LogP contribution in [-0.2, 0) is 10.0 Å². The number of rotatable bonds is 4. The van der Waals surface area contributed by atoms with E-state index in [1.165, 1.54) is 18.3 Å². The minimum absolute atomic E-state index is 0.243. The number of aromatic nitrogens is 1. The number of aryl methyl sites for hydroxylation is 1. The largest absolute Gasteiger partial charge is 0.340 e. The number of sulfonamides is 1. The van der Waals surface area contributed by atoms with E-state index in [0.717, 1.165) is 30.2 Å². The smallest absolute Gasteiger partial charge is 0.245 e. The lowest BCUT2D eigenvalue weighted by Crippen LogP contribution is -2.35. The molecule has 1 N–H and O–H groups in total. The third-order valence-corrected chi connectivity index (χ3v) is 7.04. The molecule has 0 bridgehead atoms. The van der Waals surface area contributed by atoms with Gasteiger partial charge < -0.3 is 5.32 Å². The van der Waals surface area contributed by atoms with E-state index in [-0.39, 0.29) is 10.7 Å². The Morgan fingerprint density at radius 2 is 1.75 bits per heavy atom. The van der Waals surface area contributed by atoms with Crippen molar-refractivity contribution in [3.05, 3.63) is 60.0 Å². The molecule has 1 aliphatic rings. The van der Waals surface area contributed by atoms with E-state index < -0.39 is 10.0 Å². The van der Waals surface area contributed by atoms with E-state index in [2.05, 4.69) is 10.3 Å². The molecule has 5 nitrogen and oxygen atoms in total. The summed E-state index contributed by atoms with van der Waals surface area (Å²) in [6.07, 6.45) is 4.26. The van der Waals surface area contributed by atoms with Crippen molar-refractivity contribution in [2.75, 3.05) is 18.4 Å². The van der Waals surface area contributed by atoms with Gasteiger partial charge in [0.1, 0.15) is 16.5 Å². The summed E-state index contributed by atoms with van der Waals surface area (Å²) in [6, 6.07) is 11.6. The molecule has 2 heterocycles. The molecule has 146 valence electrons. The van der Waals surface area contributed by atoms with Crippen LogP contribution in [0.15, 0.2) is 53.6 Å². The van der Waals surface area contributed by atoms with E-state index in [1.54, 1.807) is 16.4 Å². The van der Waals surface area contributed by atoms with Gasteiger partial charge in [0.15, 0.2) is 0 Å². The van der Waals surface area contributed by atoms with Gasteiger partial charge in [0.25, 0.3) is 0 Å². The molecule has 0 radical (unpaired) electrons. The predicted molar refractivity (Wildman–Crippen MR) is 109 cm³/mol. The molecule has 0 unspecified atom stereocenters. The van der Waals surface area contributed by atoms with Crippen LogP contribution >= 0.6 is 0 Å². The predicted octanol–water partition coefficient (Wildman–Crippen LogP) is 4.60. The molecule has 0 atom stereocenters. The minimum atomic E-state index is -3.61. The van der Waals surface area contributed by atoms with Crippen LogP contribution in [0.2, 0.25) is 0 Å². The Bertz CT molecular complexity index is 1110. The van der Waals surface area contributed by atoms with Crippen LogP contribution in [0.3, 0.4) is 0 Å². The lowest BCUT2D eigenvalue weighted by molar-refractivity contribution is 0.347. The SMILES string of the molecule is Cc1cccc2c(Nc3ccc(F)cc3)ncc(S(=O)(=O)N3CCCCC3)c12. The molecule has 0 aliphatic carbocycles. The van der Waals surface area contributed by atoms with E-state index >= 15 is 0 Å². The third kappa shape index (κ3) is 3.47. The zero-order valence-corrected chi connectivity index (χ0v) is 16.5. The molecular weight excluding hydrogens is 377 g/mol. The summed E-state index contributed by atoms with van der Waals surface area (Å²) in [6.45, 7) is 3.00. The number of nitrogens with zero attached hydrogens (tertiary/aromatic N) is 2. The number of pyridine rings is 1. The number of anilines is 2. The molecule has 1 aromatic heterocycles. The van der Waals surface area contributed by atoms with Crippen molar-refractivity contribution in [2.45, 2.75) is 31.1 Å². The van der Waals surface area contributed by atoms with Crippen LogP contribution in [0.1, 0.15) is 24.8 Å². The Morgan fingerprint density at radius 3 is 2.46 bits per heavy atom. The van der Waals surface area contributed by atoms with Gasteiger partial charge in [-0.1, -0.05) is 24.6 Å². The first kappa shape index (κ1) is 18.8. The number of nitrogens with one attached hydrogen (secondary N) is 1. The van der Waals surface area contributed by atoms with Gasteiger partial charge in [-0.25, -0.2) is 17.8 Å². The molecule has 1 fully saturated rings. The second-order valence-corrected chi connectivity index (χ2v) is 8.97. The van der Waals surface area contributed by atoms with Crippen molar-refractivity contribution in [2.24, 2.45) is 0 Å². The first-order valence-corrected chi connectivity index (χ1v) is 10.8.